The van der Waals surface area contributed by atoms with E-state index in [0.717, 1.165) is 29.1 Å². The molecule has 1 aromatic heterocycles. The number of aliphatic imine (C=N–C) groups is 1. The Morgan fingerprint density at radius 1 is 1.35 bits per heavy atom. The van der Waals surface area contributed by atoms with E-state index in [1.54, 1.807) is 11.3 Å². The van der Waals surface area contributed by atoms with E-state index in [9.17, 15) is 0 Å². The average molecular weight is 338 g/mol. The second-order valence-electron chi connectivity index (χ2n) is 6.79. The number of guanidine groups is 1. The Morgan fingerprint density at radius 3 is 2.57 bits per heavy atom. The molecule has 0 unspecified atom stereocenters. The van der Waals surface area contributed by atoms with Crippen molar-refractivity contribution in [3.63, 3.8) is 0 Å². The summed E-state index contributed by atoms with van der Waals surface area (Å²) in [7, 11) is 1.83. The number of hydrogen-bond donors (Lipinski definition) is 2. The van der Waals surface area contributed by atoms with E-state index in [1.807, 2.05) is 7.05 Å². The van der Waals surface area contributed by atoms with Crippen LogP contribution in [0.5, 0.6) is 0 Å². The number of likely N-dealkylation sites (tertiary alicyclic amines) is 1. The van der Waals surface area contributed by atoms with Gasteiger partial charge in [-0.25, -0.2) is 4.98 Å². The number of nitrogens with zero attached hydrogens (tertiary/aromatic N) is 3. The minimum atomic E-state index is 0.518. The fourth-order valence-electron chi connectivity index (χ4n) is 2.94. The molecule has 2 heterocycles. The van der Waals surface area contributed by atoms with Crippen molar-refractivity contribution >= 4 is 17.3 Å². The topological polar surface area (TPSA) is 52.6 Å². The van der Waals surface area contributed by atoms with Crippen LogP contribution in [0.25, 0.3) is 0 Å². The lowest BCUT2D eigenvalue weighted by molar-refractivity contribution is 0.187. The molecule has 0 radical (unpaired) electrons. The van der Waals surface area contributed by atoms with Crippen LogP contribution >= 0.6 is 11.3 Å². The van der Waals surface area contributed by atoms with Gasteiger partial charge in [-0.1, -0.05) is 13.8 Å². The predicted octanol–water partition coefficient (Wildman–Crippen LogP) is 2.55. The van der Waals surface area contributed by atoms with E-state index in [-0.39, 0.29) is 0 Å². The van der Waals surface area contributed by atoms with Crippen molar-refractivity contribution in [2.24, 2.45) is 10.9 Å². The monoisotopic (exact) mass is 337 g/mol. The van der Waals surface area contributed by atoms with Crippen LogP contribution in [0.3, 0.4) is 0 Å². The summed E-state index contributed by atoms with van der Waals surface area (Å²) >= 11 is 1.76. The van der Waals surface area contributed by atoms with Crippen LogP contribution in [0, 0.1) is 19.8 Å². The summed E-state index contributed by atoms with van der Waals surface area (Å²) < 4.78 is 0. The normalized spacial score (nSPS) is 17.7. The molecule has 2 rings (SSSR count). The minimum Gasteiger partial charge on any atom is -0.354 e. The van der Waals surface area contributed by atoms with E-state index >= 15 is 0 Å². The maximum atomic E-state index is 4.57. The molecule has 2 N–H and O–H groups in total. The Balaban J connectivity index is 1.75. The lowest BCUT2D eigenvalue weighted by Gasteiger charge is -2.33. The first kappa shape index (κ1) is 18.2. The number of rotatable bonds is 5. The third-order valence-corrected chi connectivity index (χ3v) is 5.33. The molecule has 23 heavy (non-hydrogen) atoms. The van der Waals surface area contributed by atoms with Crippen molar-refractivity contribution in [1.82, 2.24) is 20.5 Å². The van der Waals surface area contributed by atoms with E-state index in [4.69, 9.17) is 0 Å². The summed E-state index contributed by atoms with van der Waals surface area (Å²) in [6.45, 7) is 13.1. The molecule has 0 aromatic carbocycles. The standard InChI is InChI=1S/C17H31N5S/c1-12(2)11-22-8-6-15(7-9-22)21-17(18-5)19-10-16-20-13(3)14(4)23-16/h12,15H,6-11H2,1-5H3,(H2,18,19,21). The number of aromatic nitrogens is 1. The van der Waals surface area contributed by atoms with Crippen LogP contribution in [-0.4, -0.2) is 48.6 Å². The summed E-state index contributed by atoms with van der Waals surface area (Å²) in [6, 6.07) is 0.518. The molecule has 1 fully saturated rings. The number of piperidine rings is 1. The highest BCUT2D eigenvalue weighted by molar-refractivity contribution is 7.11. The average Bonchev–Trinajstić information content (AvgIpc) is 2.83. The van der Waals surface area contributed by atoms with E-state index in [0.29, 0.717) is 6.04 Å². The van der Waals surface area contributed by atoms with Gasteiger partial charge < -0.3 is 15.5 Å². The van der Waals surface area contributed by atoms with Crippen molar-refractivity contribution in [2.45, 2.75) is 53.1 Å². The number of thiazole rings is 1. The molecule has 1 aliphatic heterocycles. The molecular weight excluding hydrogens is 306 g/mol. The summed E-state index contributed by atoms with van der Waals surface area (Å²) in [6.07, 6.45) is 2.37. The van der Waals surface area contributed by atoms with Gasteiger partial charge in [0.05, 0.1) is 12.2 Å². The van der Waals surface area contributed by atoms with Gasteiger partial charge in [-0.05, 0) is 32.6 Å². The number of nitrogens with one attached hydrogen (secondary N) is 2. The van der Waals surface area contributed by atoms with Gasteiger partial charge in [0.15, 0.2) is 5.96 Å². The lowest BCUT2D eigenvalue weighted by atomic mass is 10.0. The molecule has 130 valence electrons. The third-order valence-electron chi connectivity index (χ3n) is 4.26. The predicted molar refractivity (Wildman–Crippen MR) is 99.2 cm³/mol. The van der Waals surface area contributed by atoms with Crippen LogP contribution in [0.15, 0.2) is 4.99 Å². The highest BCUT2D eigenvalue weighted by atomic mass is 32.1. The Morgan fingerprint density at radius 2 is 2.04 bits per heavy atom. The molecule has 0 aliphatic carbocycles. The molecule has 0 atom stereocenters. The second-order valence-corrected chi connectivity index (χ2v) is 8.08. The van der Waals surface area contributed by atoms with Crippen LogP contribution < -0.4 is 10.6 Å². The Bertz CT molecular complexity index is 496. The lowest BCUT2D eigenvalue weighted by Crippen LogP contribution is -2.48. The molecule has 1 aliphatic rings. The summed E-state index contributed by atoms with van der Waals surface area (Å²) in [4.78, 5) is 12.8. The molecular formula is C17H31N5S. The van der Waals surface area contributed by atoms with Gasteiger partial charge in [-0.3, -0.25) is 4.99 Å². The summed E-state index contributed by atoms with van der Waals surface area (Å²) in [5, 5.41) is 8.07. The number of aryl methyl sites for hydroxylation is 2. The van der Waals surface area contributed by atoms with Crippen LogP contribution in [0.1, 0.15) is 42.3 Å². The Hall–Kier alpha value is -1.14. The largest absolute Gasteiger partial charge is 0.354 e. The van der Waals surface area contributed by atoms with Gasteiger partial charge in [0.25, 0.3) is 0 Å². The van der Waals surface area contributed by atoms with Crippen molar-refractivity contribution < 1.29 is 0 Å². The van der Waals surface area contributed by atoms with Crippen molar-refractivity contribution in [3.8, 4) is 0 Å². The fourth-order valence-corrected chi connectivity index (χ4v) is 3.81. The minimum absolute atomic E-state index is 0.518. The van der Waals surface area contributed by atoms with Crippen LogP contribution in [0.4, 0.5) is 0 Å². The van der Waals surface area contributed by atoms with E-state index in [1.165, 1.54) is 37.4 Å². The first-order valence-electron chi connectivity index (χ1n) is 8.60. The maximum Gasteiger partial charge on any atom is 0.191 e. The summed E-state index contributed by atoms with van der Waals surface area (Å²) in [5.41, 5.74) is 1.13. The summed E-state index contributed by atoms with van der Waals surface area (Å²) in [5.74, 6) is 1.64. The zero-order valence-electron chi connectivity index (χ0n) is 15.1. The molecule has 1 saturated heterocycles. The first-order chi connectivity index (χ1) is 11.0. The zero-order chi connectivity index (χ0) is 16.8. The fraction of sp³-hybridized carbons (Fsp3) is 0.765. The van der Waals surface area contributed by atoms with E-state index in [2.05, 4.69) is 53.2 Å². The van der Waals surface area contributed by atoms with E-state index < -0.39 is 0 Å². The van der Waals surface area contributed by atoms with Gasteiger partial charge in [-0.2, -0.15) is 0 Å². The molecule has 0 bridgehead atoms. The molecule has 0 spiro atoms. The van der Waals surface area contributed by atoms with Crippen molar-refractivity contribution in [2.75, 3.05) is 26.7 Å². The highest BCUT2D eigenvalue weighted by Crippen LogP contribution is 2.16. The van der Waals surface area contributed by atoms with Crippen LogP contribution in [0.2, 0.25) is 0 Å². The zero-order valence-corrected chi connectivity index (χ0v) is 16.0. The van der Waals surface area contributed by atoms with Gasteiger partial charge in [0.2, 0.25) is 0 Å². The quantitative estimate of drug-likeness (QED) is 0.640. The molecule has 5 nitrogen and oxygen atoms in total. The van der Waals surface area contributed by atoms with Gasteiger partial charge in [0, 0.05) is 37.6 Å². The maximum absolute atomic E-state index is 4.57. The van der Waals surface area contributed by atoms with Gasteiger partial charge in [0.1, 0.15) is 5.01 Å². The van der Waals surface area contributed by atoms with Crippen molar-refractivity contribution in [3.05, 3.63) is 15.6 Å². The van der Waals surface area contributed by atoms with Gasteiger partial charge in [-0.15, -0.1) is 11.3 Å². The highest BCUT2D eigenvalue weighted by Gasteiger charge is 2.20. The van der Waals surface area contributed by atoms with Crippen molar-refractivity contribution in [1.29, 1.82) is 0 Å². The molecule has 1 aromatic rings. The Labute approximate surface area is 144 Å². The molecule has 6 heteroatoms. The van der Waals surface area contributed by atoms with Crippen LogP contribution in [-0.2, 0) is 6.54 Å². The smallest absolute Gasteiger partial charge is 0.191 e. The Kier molecular flexibility index (Phi) is 6.84. The first-order valence-corrected chi connectivity index (χ1v) is 9.42. The molecule has 0 amide bonds. The SMILES string of the molecule is CN=C(NCc1nc(C)c(C)s1)NC1CCN(CC(C)C)CC1. The second kappa shape index (κ2) is 8.64. The third kappa shape index (κ3) is 5.77. The molecule has 0 saturated carbocycles. The number of hydrogen-bond acceptors (Lipinski definition) is 4. The van der Waals surface area contributed by atoms with Gasteiger partial charge >= 0.3 is 0 Å².